The van der Waals surface area contributed by atoms with Gasteiger partial charge in [0.1, 0.15) is 11.6 Å². The Morgan fingerprint density at radius 3 is 2.58 bits per heavy atom. The Morgan fingerprint density at radius 2 is 2.08 bits per heavy atom. The molecule has 0 aliphatic rings. The van der Waals surface area contributed by atoms with E-state index >= 15 is 0 Å². The second-order valence-corrected chi connectivity index (χ2v) is 5.61. The maximum Gasteiger partial charge on any atom is 0.137 e. The lowest BCUT2D eigenvalue weighted by molar-refractivity contribution is 1.04. The van der Waals surface area contributed by atoms with Crippen molar-refractivity contribution >= 4 is 23.4 Å². The first-order chi connectivity index (χ1) is 11.3. The number of hydrogen-bond donors (Lipinski definition) is 3. The molecular formula is C18H28N6. The molecule has 0 radical (unpaired) electrons. The zero-order valence-electron chi connectivity index (χ0n) is 15.2. The molecule has 0 aromatic carbocycles. The molecule has 0 saturated carbocycles. The van der Waals surface area contributed by atoms with Gasteiger partial charge in [-0.05, 0) is 25.0 Å². The summed E-state index contributed by atoms with van der Waals surface area (Å²) in [5.41, 5.74) is 16.1. The highest BCUT2D eigenvalue weighted by Gasteiger charge is 2.12. The molecule has 0 amide bonds. The van der Waals surface area contributed by atoms with Crippen LogP contribution in [-0.2, 0) is 0 Å². The monoisotopic (exact) mass is 328 g/mol. The van der Waals surface area contributed by atoms with Crippen molar-refractivity contribution in [3.05, 3.63) is 47.4 Å². The molecular weight excluding hydrogens is 300 g/mol. The Balaban J connectivity index is 3.48. The third kappa shape index (κ3) is 4.87. The molecule has 0 atom stereocenters. The third-order valence-corrected chi connectivity index (χ3v) is 3.38. The first-order valence-electron chi connectivity index (χ1n) is 7.82. The van der Waals surface area contributed by atoms with E-state index in [4.69, 9.17) is 11.5 Å². The Labute approximate surface area is 144 Å². The minimum absolute atomic E-state index is 0.265. The topological polar surface area (TPSA) is 92.6 Å². The minimum Gasteiger partial charge on any atom is -0.398 e. The molecule has 0 aliphatic heterocycles. The Kier molecular flexibility index (Phi) is 7.04. The summed E-state index contributed by atoms with van der Waals surface area (Å²) >= 11 is 0. The van der Waals surface area contributed by atoms with E-state index in [1.165, 1.54) is 0 Å². The van der Waals surface area contributed by atoms with Gasteiger partial charge in [-0.1, -0.05) is 19.6 Å². The number of allylic oxidation sites excluding steroid dienone is 2. The lowest BCUT2D eigenvalue weighted by atomic mass is 10.0. The van der Waals surface area contributed by atoms with E-state index in [1.807, 2.05) is 51.3 Å². The van der Waals surface area contributed by atoms with E-state index in [0.717, 1.165) is 34.6 Å². The lowest BCUT2D eigenvalue weighted by Crippen LogP contribution is -2.16. The maximum atomic E-state index is 6.23. The van der Waals surface area contributed by atoms with Crippen molar-refractivity contribution in [1.82, 2.24) is 10.3 Å². The summed E-state index contributed by atoms with van der Waals surface area (Å²) in [5.74, 6) is 1.10. The fourth-order valence-corrected chi connectivity index (χ4v) is 2.31. The lowest BCUT2D eigenvalue weighted by Gasteiger charge is -2.19. The highest BCUT2D eigenvalue weighted by molar-refractivity contribution is 5.90. The number of nitrogens with two attached hydrogens (primary N) is 2. The van der Waals surface area contributed by atoms with E-state index in [9.17, 15) is 0 Å². The zero-order chi connectivity index (χ0) is 18.3. The van der Waals surface area contributed by atoms with Crippen molar-refractivity contribution in [2.75, 3.05) is 26.0 Å². The van der Waals surface area contributed by atoms with Gasteiger partial charge in [0.15, 0.2) is 0 Å². The van der Waals surface area contributed by atoms with Crippen LogP contribution in [0.5, 0.6) is 0 Å². The molecule has 0 saturated heterocycles. The van der Waals surface area contributed by atoms with Gasteiger partial charge in [-0.3, -0.25) is 0 Å². The quantitative estimate of drug-likeness (QED) is 0.668. The molecule has 0 fully saturated rings. The molecule has 0 aliphatic carbocycles. The average molecular weight is 328 g/mol. The van der Waals surface area contributed by atoms with Crippen LogP contribution in [0.15, 0.2) is 41.3 Å². The number of nitrogens with one attached hydrogen (secondary N) is 1. The molecule has 6 heteroatoms. The molecule has 24 heavy (non-hydrogen) atoms. The predicted octanol–water partition coefficient (Wildman–Crippen LogP) is 2.31. The first-order valence-corrected chi connectivity index (χ1v) is 7.82. The van der Waals surface area contributed by atoms with Gasteiger partial charge in [-0.25, -0.2) is 9.98 Å². The third-order valence-electron chi connectivity index (χ3n) is 3.38. The molecule has 0 spiro atoms. The second-order valence-electron chi connectivity index (χ2n) is 5.61. The van der Waals surface area contributed by atoms with Crippen LogP contribution in [0, 0.1) is 0 Å². The highest BCUT2D eigenvalue weighted by atomic mass is 15.1. The summed E-state index contributed by atoms with van der Waals surface area (Å²) in [6.07, 6.45) is 6.35. The summed E-state index contributed by atoms with van der Waals surface area (Å²) in [4.78, 5) is 10.6. The van der Waals surface area contributed by atoms with Gasteiger partial charge < -0.3 is 21.7 Å². The van der Waals surface area contributed by atoms with Gasteiger partial charge in [0.05, 0.1) is 0 Å². The number of pyridine rings is 1. The number of anilines is 1. The molecule has 1 aromatic heterocycles. The highest BCUT2D eigenvalue weighted by Crippen LogP contribution is 2.25. The van der Waals surface area contributed by atoms with Crippen LogP contribution in [0.2, 0.25) is 0 Å². The first kappa shape index (κ1) is 19.3. The smallest absolute Gasteiger partial charge is 0.137 e. The van der Waals surface area contributed by atoms with Crippen LogP contribution in [-0.4, -0.2) is 32.3 Å². The summed E-state index contributed by atoms with van der Waals surface area (Å²) in [7, 11) is 5.75. The predicted molar refractivity (Wildman–Crippen MR) is 104 cm³/mol. The standard InChI is InChI=1S/C18H28N6/c1-7-8-16(20)15-9-14(11-23-18(15)24(5)6)17(21-4)12(2)10-22-13(3)19/h8-11,21H,3,7,19-20H2,1-2,4-6H3/b16-8-,17-12?,22-10?. The van der Waals surface area contributed by atoms with Gasteiger partial charge in [0.2, 0.25) is 0 Å². The van der Waals surface area contributed by atoms with Gasteiger partial charge >= 0.3 is 0 Å². The van der Waals surface area contributed by atoms with E-state index in [-0.39, 0.29) is 5.82 Å². The van der Waals surface area contributed by atoms with Crippen molar-refractivity contribution in [2.45, 2.75) is 20.3 Å². The number of nitrogens with zero attached hydrogens (tertiary/aromatic N) is 3. The number of rotatable bonds is 7. The molecule has 0 bridgehead atoms. The van der Waals surface area contributed by atoms with Crippen LogP contribution in [0.1, 0.15) is 31.4 Å². The van der Waals surface area contributed by atoms with Crippen molar-refractivity contribution in [3.8, 4) is 0 Å². The Morgan fingerprint density at radius 1 is 1.42 bits per heavy atom. The number of aromatic nitrogens is 1. The largest absolute Gasteiger partial charge is 0.398 e. The van der Waals surface area contributed by atoms with E-state index in [0.29, 0.717) is 5.70 Å². The minimum atomic E-state index is 0.265. The molecule has 1 rings (SSSR count). The maximum absolute atomic E-state index is 6.23. The van der Waals surface area contributed by atoms with E-state index in [1.54, 1.807) is 6.21 Å². The average Bonchev–Trinajstić information content (AvgIpc) is 2.53. The molecule has 1 aromatic rings. The zero-order valence-corrected chi connectivity index (χ0v) is 15.2. The van der Waals surface area contributed by atoms with Gasteiger partial charge in [0, 0.05) is 56.1 Å². The van der Waals surface area contributed by atoms with Gasteiger partial charge in [-0.15, -0.1) is 0 Å². The van der Waals surface area contributed by atoms with Crippen LogP contribution < -0.4 is 21.7 Å². The normalized spacial score (nSPS) is 13.0. The summed E-state index contributed by atoms with van der Waals surface area (Å²) in [6.45, 7) is 7.57. The van der Waals surface area contributed by atoms with Gasteiger partial charge in [0.25, 0.3) is 0 Å². The SMILES string of the molecule is C=C(N)N=CC(C)=C(NC)c1cnc(N(C)C)c(/C(N)=C/CC)c1. The summed E-state index contributed by atoms with van der Waals surface area (Å²) < 4.78 is 0. The molecule has 130 valence electrons. The van der Waals surface area contributed by atoms with Crippen LogP contribution >= 0.6 is 0 Å². The Hall–Kier alpha value is -2.76. The molecule has 6 nitrogen and oxygen atoms in total. The van der Waals surface area contributed by atoms with Crippen molar-refractivity contribution < 1.29 is 0 Å². The molecule has 1 heterocycles. The fraction of sp³-hybridized carbons (Fsp3) is 0.333. The van der Waals surface area contributed by atoms with Crippen molar-refractivity contribution in [3.63, 3.8) is 0 Å². The number of aliphatic imine (C=N–C) groups is 1. The Bertz CT molecular complexity index is 683. The number of hydrogen-bond acceptors (Lipinski definition) is 6. The van der Waals surface area contributed by atoms with Gasteiger partial charge in [-0.2, -0.15) is 0 Å². The molecule has 0 unspecified atom stereocenters. The van der Waals surface area contributed by atoms with E-state index < -0.39 is 0 Å². The van der Waals surface area contributed by atoms with Crippen molar-refractivity contribution in [1.29, 1.82) is 0 Å². The van der Waals surface area contributed by atoms with E-state index in [2.05, 4.69) is 28.8 Å². The van der Waals surface area contributed by atoms with Crippen LogP contribution in [0.3, 0.4) is 0 Å². The second kappa shape index (κ2) is 8.76. The van der Waals surface area contributed by atoms with Crippen LogP contribution in [0.4, 0.5) is 5.82 Å². The molecule has 5 N–H and O–H groups in total. The summed E-state index contributed by atoms with van der Waals surface area (Å²) in [6, 6.07) is 2.03. The van der Waals surface area contributed by atoms with Crippen LogP contribution in [0.25, 0.3) is 11.4 Å². The fourth-order valence-electron chi connectivity index (χ4n) is 2.31. The summed E-state index contributed by atoms with van der Waals surface area (Å²) in [5, 5.41) is 3.19. The van der Waals surface area contributed by atoms with Crippen molar-refractivity contribution in [2.24, 2.45) is 16.5 Å².